The van der Waals surface area contributed by atoms with Crippen LogP contribution in [0.1, 0.15) is 31.2 Å². The average Bonchev–Trinajstić information content (AvgIpc) is 2.49. The van der Waals surface area contributed by atoms with E-state index in [0.29, 0.717) is 6.61 Å². The molecular formula is C18H22O. The van der Waals surface area contributed by atoms with Crippen molar-refractivity contribution in [3.63, 3.8) is 0 Å². The minimum atomic E-state index is 0.325. The molecule has 0 aliphatic carbocycles. The predicted molar refractivity (Wildman–Crippen MR) is 81.1 cm³/mol. The van der Waals surface area contributed by atoms with Crippen LogP contribution in [0.2, 0.25) is 0 Å². The quantitative estimate of drug-likeness (QED) is 0.724. The normalized spacial score (nSPS) is 10.6. The highest BCUT2D eigenvalue weighted by molar-refractivity contribution is 5.63. The van der Waals surface area contributed by atoms with Gasteiger partial charge in [-0.25, -0.2) is 0 Å². The molecule has 0 aliphatic heterocycles. The molecule has 0 unspecified atom stereocenters. The number of aryl methyl sites for hydroxylation is 1. The van der Waals surface area contributed by atoms with Gasteiger partial charge in [-0.3, -0.25) is 0 Å². The highest BCUT2D eigenvalue weighted by atomic mass is 16.2. The van der Waals surface area contributed by atoms with E-state index in [-0.39, 0.29) is 0 Å². The minimum absolute atomic E-state index is 0.325. The molecule has 100 valence electrons. The Balaban J connectivity index is 1.85. The van der Waals surface area contributed by atoms with Gasteiger partial charge < -0.3 is 5.11 Å². The Kier molecular flexibility index (Phi) is 5.64. The zero-order chi connectivity index (χ0) is 13.3. The Morgan fingerprint density at radius 3 is 1.95 bits per heavy atom. The van der Waals surface area contributed by atoms with Crippen LogP contribution in [-0.2, 0) is 6.42 Å². The summed E-state index contributed by atoms with van der Waals surface area (Å²) in [5, 5.41) is 8.72. The molecule has 0 heterocycles. The smallest absolute Gasteiger partial charge is 0.0431 e. The van der Waals surface area contributed by atoms with Crippen molar-refractivity contribution in [2.45, 2.75) is 32.1 Å². The van der Waals surface area contributed by atoms with E-state index in [1.165, 1.54) is 29.5 Å². The summed E-state index contributed by atoms with van der Waals surface area (Å²) in [7, 11) is 0. The Morgan fingerprint density at radius 2 is 1.26 bits per heavy atom. The van der Waals surface area contributed by atoms with Gasteiger partial charge in [0, 0.05) is 6.61 Å². The molecule has 2 aromatic rings. The zero-order valence-electron chi connectivity index (χ0n) is 11.4. The number of aliphatic hydroxyl groups excluding tert-OH is 1. The van der Waals surface area contributed by atoms with Crippen molar-refractivity contribution in [1.29, 1.82) is 0 Å². The molecule has 0 radical (unpaired) electrons. The SMILES string of the molecule is OCCCCCCc1ccc(-c2ccccc2)cc1. The molecule has 19 heavy (non-hydrogen) atoms. The molecule has 1 N–H and O–H groups in total. The van der Waals surface area contributed by atoms with E-state index in [2.05, 4.69) is 48.5 Å². The zero-order valence-corrected chi connectivity index (χ0v) is 11.4. The van der Waals surface area contributed by atoms with Crippen LogP contribution < -0.4 is 0 Å². The first-order valence-corrected chi connectivity index (χ1v) is 7.15. The first-order chi connectivity index (χ1) is 9.40. The van der Waals surface area contributed by atoms with Gasteiger partial charge in [-0.2, -0.15) is 0 Å². The molecule has 0 bridgehead atoms. The maximum atomic E-state index is 8.72. The number of rotatable bonds is 7. The van der Waals surface area contributed by atoms with E-state index in [9.17, 15) is 0 Å². The summed E-state index contributed by atoms with van der Waals surface area (Å²) in [6.07, 6.45) is 5.64. The van der Waals surface area contributed by atoms with Crippen molar-refractivity contribution < 1.29 is 5.11 Å². The lowest BCUT2D eigenvalue weighted by molar-refractivity contribution is 0.282. The minimum Gasteiger partial charge on any atom is -0.396 e. The molecule has 2 aromatic carbocycles. The maximum absolute atomic E-state index is 8.72. The van der Waals surface area contributed by atoms with Crippen LogP contribution in [0, 0.1) is 0 Å². The maximum Gasteiger partial charge on any atom is 0.0431 e. The Bertz CT molecular complexity index is 459. The second-order valence-electron chi connectivity index (χ2n) is 4.95. The van der Waals surface area contributed by atoms with E-state index < -0.39 is 0 Å². The molecule has 0 atom stereocenters. The topological polar surface area (TPSA) is 20.2 Å². The van der Waals surface area contributed by atoms with E-state index in [4.69, 9.17) is 5.11 Å². The van der Waals surface area contributed by atoms with Crippen LogP contribution in [0.5, 0.6) is 0 Å². The average molecular weight is 254 g/mol. The van der Waals surface area contributed by atoms with Gasteiger partial charge in [-0.1, -0.05) is 67.4 Å². The second-order valence-corrected chi connectivity index (χ2v) is 4.95. The Morgan fingerprint density at radius 1 is 0.632 bits per heavy atom. The fourth-order valence-electron chi connectivity index (χ4n) is 2.29. The molecule has 0 saturated heterocycles. The van der Waals surface area contributed by atoms with Gasteiger partial charge in [0.25, 0.3) is 0 Å². The Hall–Kier alpha value is -1.60. The molecule has 0 aliphatic rings. The third-order valence-corrected chi connectivity index (χ3v) is 3.43. The highest BCUT2D eigenvalue weighted by Gasteiger charge is 1.97. The van der Waals surface area contributed by atoms with Crippen LogP contribution in [0.4, 0.5) is 0 Å². The number of hydrogen-bond acceptors (Lipinski definition) is 1. The third kappa shape index (κ3) is 4.53. The van der Waals surface area contributed by atoms with Crippen molar-refractivity contribution in [2.75, 3.05) is 6.61 Å². The molecule has 0 fully saturated rings. The number of benzene rings is 2. The first-order valence-electron chi connectivity index (χ1n) is 7.15. The standard InChI is InChI=1S/C18H22O/c19-15-7-2-1-4-8-16-11-13-18(14-12-16)17-9-5-3-6-10-17/h3,5-6,9-14,19H,1-2,4,7-8,15H2. The van der Waals surface area contributed by atoms with Gasteiger partial charge in [-0.05, 0) is 36.0 Å². The molecule has 0 aromatic heterocycles. The summed E-state index contributed by atoms with van der Waals surface area (Å²) in [5.74, 6) is 0. The highest BCUT2D eigenvalue weighted by Crippen LogP contribution is 2.20. The van der Waals surface area contributed by atoms with Crippen LogP contribution in [0.25, 0.3) is 11.1 Å². The van der Waals surface area contributed by atoms with E-state index in [1.807, 2.05) is 6.07 Å². The molecule has 0 spiro atoms. The third-order valence-electron chi connectivity index (χ3n) is 3.43. The molecule has 1 heteroatoms. The van der Waals surface area contributed by atoms with Gasteiger partial charge >= 0.3 is 0 Å². The van der Waals surface area contributed by atoms with E-state index >= 15 is 0 Å². The summed E-state index contributed by atoms with van der Waals surface area (Å²) in [6.45, 7) is 0.325. The van der Waals surface area contributed by atoms with Crippen LogP contribution in [0.15, 0.2) is 54.6 Å². The van der Waals surface area contributed by atoms with Gasteiger partial charge in [0.1, 0.15) is 0 Å². The lowest BCUT2D eigenvalue weighted by Crippen LogP contribution is -1.88. The molecule has 1 nitrogen and oxygen atoms in total. The van der Waals surface area contributed by atoms with Crippen LogP contribution in [0.3, 0.4) is 0 Å². The fourth-order valence-corrected chi connectivity index (χ4v) is 2.29. The second kappa shape index (κ2) is 7.75. The van der Waals surface area contributed by atoms with Crippen molar-refractivity contribution in [3.8, 4) is 11.1 Å². The van der Waals surface area contributed by atoms with Crippen molar-refractivity contribution in [1.82, 2.24) is 0 Å². The molecule has 2 rings (SSSR count). The largest absolute Gasteiger partial charge is 0.396 e. The van der Waals surface area contributed by atoms with Crippen molar-refractivity contribution in [3.05, 3.63) is 60.2 Å². The van der Waals surface area contributed by atoms with Crippen molar-refractivity contribution in [2.24, 2.45) is 0 Å². The monoisotopic (exact) mass is 254 g/mol. The Labute approximate surface area is 115 Å². The first kappa shape index (κ1) is 13.8. The van der Waals surface area contributed by atoms with E-state index in [1.54, 1.807) is 0 Å². The number of aliphatic hydroxyl groups is 1. The summed E-state index contributed by atoms with van der Waals surface area (Å²) in [5.41, 5.74) is 3.96. The molecule has 0 saturated carbocycles. The summed E-state index contributed by atoms with van der Waals surface area (Å²) >= 11 is 0. The molecular weight excluding hydrogens is 232 g/mol. The number of unbranched alkanes of at least 4 members (excludes halogenated alkanes) is 3. The van der Waals surface area contributed by atoms with E-state index in [0.717, 1.165) is 19.3 Å². The summed E-state index contributed by atoms with van der Waals surface area (Å²) < 4.78 is 0. The van der Waals surface area contributed by atoms with Crippen LogP contribution >= 0.6 is 0 Å². The van der Waals surface area contributed by atoms with Gasteiger partial charge in [0.15, 0.2) is 0 Å². The summed E-state index contributed by atoms with van der Waals surface area (Å²) in [6, 6.07) is 19.4. The fraction of sp³-hybridized carbons (Fsp3) is 0.333. The molecule has 0 amide bonds. The lowest BCUT2D eigenvalue weighted by atomic mass is 10.0. The predicted octanol–water partition coefficient (Wildman–Crippen LogP) is 4.45. The van der Waals surface area contributed by atoms with Gasteiger partial charge in [0.2, 0.25) is 0 Å². The number of hydrogen-bond donors (Lipinski definition) is 1. The van der Waals surface area contributed by atoms with Crippen LogP contribution in [-0.4, -0.2) is 11.7 Å². The lowest BCUT2D eigenvalue weighted by Gasteiger charge is -2.04. The van der Waals surface area contributed by atoms with Gasteiger partial charge in [-0.15, -0.1) is 0 Å². The summed E-state index contributed by atoms with van der Waals surface area (Å²) in [4.78, 5) is 0. The van der Waals surface area contributed by atoms with Crippen molar-refractivity contribution >= 4 is 0 Å². The van der Waals surface area contributed by atoms with Gasteiger partial charge in [0.05, 0.1) is 0 Å².